The smallest absolute Gasteiger partial charge is 0.279 e. The lowest BCUT2D eigenvalue weighted by Gasteiger charge is -2.04. The van der Waals surface area contributed by atoms with Crippen LogP contribution >= 0.6 is 0 Å². The number of H-pyrrole nitrogens is 2. The fourth-order valence-corrected chi connectivity index (χ4v) is 3.10. The number of nitrogens with one attached hydrogen (secondary N) is 4. The minimum Gasteiger partial charge on any atom is -0.342 e. The molecule has 10 heteroatoms. The molecule has 1 aliphatic carbocycles. The van der Waals surface area contributed by atoms with E-state index in [1.54, 1.807) is 4.52 Å². The fraction of sp³-hybridized carbons (Fsp3) is 0.211. The topological polar surface area (TPSA) is 114 Å². The zero-order valence-electron chi connectivity index (χ0n) is 15.3. The van der Waals surface area contributed by atoms with Crippen LogP contribution in [0.1, 0.15) is 40.6 Å². The number of hydrogen-bond donors (Lipinski definition) is 3. The van der Waals surface area contributed by atoms with Crippen molar-refractivity contribution in [3.63, 3.8) is 0 Å². The molecule has 9 nitrogen and oxygen atoms in total. The Kier molecular flexibility index (Phi) is 4.15. The van der Waals surface area contributed by atoms with Gasteiger partial charge in [0.2, 0.25) is 11.8 Å². The molecule has 0 aliphatic heterocycles. The standard InChI is InChI=1S/C19H17FN8O/c20-15-6-5-12(9-21-15)19(29)22-10-17-24-18(14-2-1-7-28(14)27-17)23-16-8-13(25-26-16)11-3-4-11/h1-2,5-9,11H,3-4,10H2,(H,22,29)(H2,23,24,25,26,27)/p+1. The van der Waals surface area contributed by atoms with Crippen molar-refractivity contribution in [3.05, 3.63) is 65.8 Å². The SMILES string of the molecule is O=C(NCc1nn2cccc2c(Nc2cc(C3CC3)[nH]n2)[nH+]1)c1ccc(F)nc1. The van der Waals surface area contributed by atoms with Crippen molar-refractivity contribution in [3.8, 4) is 0 Å². The number of aromatic amines is 2. The van der Waals surface area contributed by atoms with Gasteiger partial charge in [-0.3, -0.25) is 15.2 Å². The molecule has 0 radical (unpaired) electrons. The Balaban J connectivity index is 1.35. The highest BCUT2D eigenvalue weighted by atomic mass is 19.1. The van der Waals surface area contributed by atoms with Crippen LogP contribution in [0.25, 0.3) is 5.52 Å². The summed E-state index contributed by atoms with van der Waals surface area (Å²) < 4.78 is 14.6. The average molecular weight is 393 g/mol. The molecule has 4 N–H and O–H groups in total. The molecule has 1 amide bonds. The Labute approximate surface area is 164 Å². The summed E-state index contributed by atoms with van der Waals surface area (Å²) in [6.45, 7) is 0.160. The number of amides is 1. The monoisotopic (exact) mass is 393 g/mol. The van der Waals surface area contributed by atoms with Gasteiger partial charge in [0.25, 0.3) is 17.5 Å². The van der Waals surface area contributed by atoms with Gasteiger partial charge in [-0.05, 0) is 42.2 Å². The van der Waals surface area contributed by atoms with E-state index < -0.39 is 5.95 Å². The molecule has 0 aromatic carbocycles. The highest BCUT2D eigenvalue weighted by Gasteiger charge is 2.26. The van der Waals surface area contributed by atoms with Crippen LogP contribution in [0.15, 0.2) is 42.7 Å². The van der Waals surface area contributed by atoms with Crippen LogP contribution in [0.5, 0.6) is 0 Å². The van der Waals surface area contributed by atoms with Crippen molar-refractivity contribution >= 4 is 23.1 Å². The number of rotatable bonds is 6. The van der Waals surface area contributed by atoms with Gasteiger partial charge in [0.15, 0.2) is 5.52 Å². The summed E-state index contributed by atoms with van der Waals surface area (Å²) in [5.41, 5.74) is 2.25. The van der Waals surface area contributed by atoms with Gasteiger partial charge in [0.1, 0.15) is 6.54 Å². The highest BCUT2D eigenvalue weighted by Crippen LogP contribution is 2.39. The molecule has 4 heterocycles. The number of halogens is 1. The first-order valence-corrected chi connectivity index (χ1v) is 9.27. The van der Waals surface area contributed by atoms with Crippen LogP contribution in [-0.2, 0) is 6.54 Å². The third kappa shape index (κ3) is 3.64. The molecule has 1 saturated carbocycles. The molecule has 0 saturated heterocycles. The quantitative estimate of drug-likeness (QED) is 0.433. The Morgan fingerprint density at radius 2 is 2.24 bits per heavy atom. The molecular formula is C19H18FN8O+. The van der Waals surface area contributed by atoms with E-state index in [0.29, 0.717) is 23.4 Å². The van der Waals surface area contributed by atoms with Crippen molar-refractivity contribution in [2.75, 3.05) is 5.32 Å². The Hall–Kier alpha value is -3.82. The second-order valence-electron chi connectivity index (χ2n) is 6.94. The van der Waals surface area contributed by atoms with Gasteiger partial charge in [-0.25, -0.2) is 9.97 Å². The molecular weight excluding hydrogens is 375 g/mol. The molecule has 4 aromatic heterocycles. The first-order valence-electron chi connectivity index (χ1n) is 9.27. The molecule has 4 aromatic rings. The summed E-state index contributed by atoms with van der Waals surface area (Å²) in [5, 5.41) is 17.9. The molecule has 0 atom stereocenters. The zero-order valence-corrected chi connectivity index (χ0v) is 15.3. The van der Waals surface area contributed by atoms with Crippen LogP contribution in [0.4, 0.5) is 16.0 Å². The third-order valence-electron chi connectivity index (χ3n) is 4.76. The summed E-state index contributed by atoms with van der Waals surface area (Å²) in [6.07, 6.45) is 5.40. The lowest BCUT2D eigenvalue weighted by Crippen LogP contribution is -2.30. The maximum absolute atomic E-state index is 12.9. The number of fused-ring (bicyclic) bond motifs is 1. The van der Waals surface area contributed by atoms with E-state index in [0.717, 1.165) is 17.3 Å². The molecule has 0 spiro atoms. The number of nitrogens with zero attached hydrogens (tertiary/aromatic N) is 4. The number of hydrogen-bond acceptors (Lipinski definition) is 5. The average Bonchev–Trinajstić information content (AvgIpc) is 3.28. The van der Waals surface area contributed by atoms with Gasteiger partial charge in [-0.1, -0.05) is 0 Å². The van der Waals surface area contributed by atoms with E-state index >= 15 is 0 Å². The molecule has 29 heavy (non-hydrogen) atoms. The van der Waals surface area contributed by atoms with Gasteiger partial charge in [-0.15, -0.1) is 5.10 Å². The minimum absolute atomic E-state index is 0.160. The summed E-state index contributed by atoms with van der Waals surface area (Å²) >= 11 is 0. The van der Waals surface area contributed by atoms with E-state index in [4.69, 9.17) is 0 Å². The Bertz CT molecular complexity index is 1180. The van der Waals surface area contributed by atoms with E-state index in [1.165, 1.54) is 25.1 Å². The van der Waals surface area contributed by atoms with Crippen molar-refractivity contribution in [1.82, 2.24) is 30.1 Å². The number of carbonyl (C=O) groups excluding carboxylic acids is 1. The number of aromatic nitrogens is 6. The van der Waals surface area contributed by atoms with Gasteiger partial charge in [0, 0.05) is 30.1 Å². The number of carbonyl (C=O) groups is 1. The normalized spacial score (nSPS) is 13.6. The molecule has 1 aliphatic rings. The molecule has 1 fully saturated rings. The number of pyridine rings is 1. The van der Waals surface area contributed by atoms with E-state index in [1.807, 2.05) is 24.4 Å². The minimum atomic E-state index is -0.631. The third-order valence-corrected chi connectivity index (χ3v) is 4.76. The molecule has 5 rings (SSSR count). The lowest BCUT2D eigenvalue weighted by atomic mass is 10.2. The summed E-state index contributed by atoms with van der Waals surface area (Å²) in [5.74, 6) is 1.55. The zero-order chi connectivity index (χ0) is 19.8. The largest absolute Gasteiger partial charge is 0.342 e. The first-order chi connectivity index (χ1) is 14.2. The molecule has 146 valence electrons. The van der Waals surface area contributed by atoms with Gasteiger partial charge in [-0.2, -0.15) is 8.91 Å². The number of anilines is 2. The first kappa shape index (κ1) is 17.3. The fourth-order valence-electron chi connectivity index (χ4n) is 3.10. The van der Waals surface area contributed by atoms with Crippen LogP contribution in [0, 0.1) is 5.95 Å². The van der Waals surface area contributed by atoms with E-state index in [2.05, 4.69) is 35.9 Å². The second kappa shape index (κ2) is 6.97. The predicted octanol–water partition coefficient (Wildman–Crippen LogP) is 1.96. The van der Waals surface area contributed by atoms with Crippen LogP contribution < -0.4 is 15.6 Å². The van der Waals surface area contributed by atoms with E-state index in [-0.39, 0.29) is 18.0 Å². The Morgan fingerprint density at radius 3 is 3.03 bits per heavy atom. The van der Waals surface area contributed by atoms with Crippen molar-refractivity contribution in [2.45, 2.75) is 25.3 Å². The summed E-state index contributed by atoms with van der Waals surface area (Å²) in [7, 11) is 0. The van der Waals surface area contributed by atoms with Gasteiger partial charge >= 0.3 is 0 Å². The summed E-state index contributed by atoms with van der Waals surface area (Å²) in [6, 6.07) is 8.34. The lowest BCUT2D eigenvalue weighted by molar-refractivity contribution is -0.379. The molecule has 0 unspecified atom stereocenters. The Morgan fingerprint density at radius 1 is 1.34 bits per heavy atom. The van der Waals surface area contributed by atoms with Gasteiger partial charge in [0.05, 0.1) is 5.56 Å². The predicted molar refractivity (Wildman–Crippen MR) is 101 cm³/mol. The van der Waals surface area contributed by atoms with Crippen molar-refractivity contribution in [1.29, 1.82) is 0 Å². The van der Waals surface area contributed by atoms with Gasteiger partial charge < -0.3 is 5.32 Å². The van der Waals surface area contributed by atoms with E-state index in [9.17, 15) is 9.18 Å². The highest BCUT2D eigenvalue weighted by molar-refractivity contribution is 5.93. The second-order valence-corrected chi connectivity index (χ2v) is 6.94. The van der Waals surface area contributed by atoms with Crippen LogP contribution in [0.3, 0.4) is 0 Å². The van der Waals surface area contributed by atoms with Crippen LogP contribution in [-0.4, -0.2) is 30.7 Å². The maximum atomic E-state index is 12.9. The van der Waals surface area contributed by atoms with Crippen molar-refractivity contribution in [2.24, 2.45) is 0 Å². The van der Waals surface area contributed by atoms with Crippen molar-refractivity contribution < 1.29 is 14.2 Å². The molecule has 0 bridgehead atoms. The maximum Gasteiger partial charge on any atom is 0.279 e. The van der Waals surface area contributed by atoms with Crippen LogP contribution in [0.2, 0.25) is 0 Å². The summed E-state index contributed by atoms with van der Waals surface area (Å²) in [4.78, 5) is 18.9.